The molecule has 1 aromatic carbocycles. The summed E-state index contributed by atoms with van der Waals surface area (Å²) in [5.74, 6) is 0. The topological polar surface area (TPSA) is 37.0 Å². The van der Waals surface area contributed by atoms with E-state index < -0.39 is 0 Å². The largest absolute Gasteiger partial charge is 0.383 e. The molecule has 0 spiro atoms. The van der Waals surface area contributed by atoms with Crippen LogP contribution in [0.3, 0.4) is 0 Å². The predicted octanol–water partition coefficient (Wildman–Crippen LogP) is 1.43. The average molecular weight is 265 g/mol. The molecule has 0 unspecified atom stereocenters. The van der Waals surface area contributed by atoms with Crippen molar-refractivity contribution in [2.24, 2.45) is 0 Å². The maximum atomic E-state index is 5.12. The number of hydrogen-bond donors (Lipinski definition) is 1. The van der Waals surface area contributed by atoms with Gasteiger partial charge in [0.25, 0.3) is 0 Å². The number of piperazine rings is 1. The van der Waals surface area contributed by atoms with Gasteiger partial charge in [-0.2, -0.15) is 0 Å². The summed E-state index contributed by atoms with van der Waals surface area (Å²) in [6, 6.07) is 8.34. The molecular weight excluding hydrogens is 242 g/mol. The average Bonchev–Trinajstić information content (AvgIpc) is 2.47. The quantitative estimate of drug-likeness (QED) is 0.788. The van der Waals surface area contributed by atoms with Crippen LogP contribution in [0.1, 0.15) is 0 Å². The Bertz CT molecular complexity index is 361. The summed E-state index contributed by atoms with van der Waals surface area (Å²) in [6.45, 7) is 6.18. The molecule has 1 aliphatic rings. The molecular formula is C14H23N3O2. The second-order valence-corrected chi connectivity index (χ2v) is 4.67. The fraction of sp³-hybridized carbons (Fsp3) is 0.571. The molecule has 0 saturated carbocycles. The summed E-state index contributed by atoms with van der Waals surface area (Å²) >= 11 is 0. The van der Waals surface area contributed by atoms with E-state index in [1.54, 1.807) is 14.2 Å². The highest BCUT2D eigenvalue weighted by Gasteiger charge is 2.16. The first-order valence-corrected chi connectivity index (χ1v) is 6.69. The van der Waals surface area contributed by atoms with Gasteiger partial charge in [-0.25, -0.2) is 0 Å². The van der Waals surface area contributed by atoms with Crippen molar-refractivity contribution in [2.45, 2.75) is 0 Å². The Balaban J connectivity index is 1.83. The molecule has 1 aliphatic heterocycles. The third kappa shape index (κ3) is 4.09. The molecule has 1 N–H and O–H groups in total. The Morgan fingerprint density at radius 1 is 1.05 bits per heavy atom. The standard InChI is InChI=1S/C14H23N3O2/c1-18-12-11-16-7-9-17(10-8-16)14-5-3-13(4-6-14)15-19-2/h3-6,15H,7-12H2,1-2H3. The fourth-order valence-corrected chi connectivity index (χ4v) is 2.31. The number of nitrogens with one attached hydrogen (secondary N) is 1. The van der Waals surface area contributed by atoms with Crippen LogP contribution in [0.2, 0.25) is 0 Å². The zero-order chi connectivity index (χ0) is 13.5. The van der Waals surface area contributed by atoms with Crippen molar-refractivity contribution < 1.29 is 9.57 Å². The smallest absolute Gasteiger partial charge is 0.0636 e. The van der Waals surface area contributed by atoms with Crippen LogP contribution in [0.4, 0.5) is 11.4 Å². The Labute approximate surface area is 115 Å². The molecule has 0 aliphatic carbocycles. The summed E-state index contributed by atoms with van der Waals surface area (Å²) < 4.78 is 5.12. The van der Waals surface area contributed by atoms with Gasteiger partial charge >= 0.3 is 0 Å². The monoisotopic (exact) mass is 265 g/mol. The molecule has 0 aromatic heterocycles. The van der Waals surface area contributed by atoms with Crippen molar-refractivity contribution in [1.29, 1.82) is 0 Å². The highest BCUT2D eigenvalue weighted by atomic mass is 16.6. The van der Waals surface area contributed by atoms with Crippen LogP contribution < -0.4 is 10.4 Å². The molecule has 1 saturated heterocycles. The molecule has 2 rings (SSSR count). The van der Waals surface area contributed by atoms with Crippen LogP contribution >= 0.6 is 0 Å². The van der Waals surface area contributed by atoms with Crippen LogP contribution in [0.5, 0.6) is 0 Å². The van der Waals surface area contributed by atoms with E-state index in [0.717, 1.165) is 45.0 Å². The number of benzene rings is 1. The first-order valence-electron chi connectivity index (χ1n) is 6.69. The summed E-state index contributed by atoms with van der Waals surface area (Å²) in [6.07, 6.45) is 0. The third-order valence-electron chi connectivity index (χ3n) is 3.44. The normalized spacial score (nSPS) is 16.6. The first-order chi connectivity index (χ1) is 9.33. The Hall–Kier alpha value is -1.30. The minimum Gasteiger partial charge on any atom is -0.383 e. The maximum absolute atomic E-state index is 5.12. The number of ether oxygens (including phenoxy) is 1. The first kappa shape index (κ1) is 14.1. The highest BCUT2D eigenvalue weighted by molar-refractivity contribution is 5.54. The molecule has 19 heavy (non-hydrogen) atoms. The second-order valence-electron chi connectivity index (χ2n) is 4.67. The van der Waals surface area contributed by atoms with E-state index in [2.05, 4.69) is 27.4 Å². The summed E-state index contributed by atoms with van der Waals surface area (Å²) in [5, 5.41) is 0. The molecule has 5 nitrogen and oxygen atoms in total. The van der Waals surface area contributed by atoms with E-state index in [1.807, 2.05) is 12.1 Å². The van der Waals surface area contributed by atoms with Crippen LogP contribution in [-0.4, -0.2) is 58.5 Å². The molecule has 1 heterocycles. The maximum Gasteiger partial charge on any atom is 0.0636 e. The number of methoxy groups -OCH3 is 1. The van der Waals surface area contributed by atoms with Gasteiger partial charge in [0.05, 0.1) is 19.4 Å². The lowest BCUT2D eigenvalue weighted by Gasteiger charge is -2.36. The number of nitrogens with zero attached hydrogens (tertiary/aromatic N) is 2. The van der Waals surface area contributed by atoms with Crippen LogP contribution in [-0.2, 0) is 9.57 Å². The Morgan fingerprint density at radius 2 is 1.74 bits per heavy atom. The van der Waals surface area contributed by atoms with Crippen molar-refractivity contribution >= 4 is 11.4 Å². The zero-order valence-corrected chi connectivity index (χ0v) is 11.8. The van der Waals surface area contributed by atoms with Gasteiger partial charge in [0, 0.05) is 45.5 Å². The number of rotatable bonds is 6. The lowest BCUT2D eigenvalue weighted by Crippen LogP contribution is -2.47. The van der Waals surface area contributed by atoms with Gasteiger partial charge in [-0.1, -0.05) is 0 Å². The fourth-order valence-electron chi connectivity index (χ4n) is 2.31. The molecule has 5 heteroatoms. The van der Waals surface area contributed by atoms with Gasteiger partial charge < -0.3 is 9.64 Å². The van der Waals surface area contributed by atoms with Gasteiger partial charge in [0.2, 0.25) is 0 Å². The van der Waals surface area contributed by atoms with E-state index in [4.69, 9.17) is 9.57 Å². The second kappa shape index (κ2) is 7.33. The minimum atomic E-state index is 0.817. The van der Waals surface area contributed by atoms with Crippen LogP contribution in [0.15, 0.2) is 24.3 Å². The van der Waals surface area contributed by atoms with Crippen molar-refractivity contribution in [3.8, 4) is 0 Å². The van der Waals surface area contributed by atoms with E-state index >= 15 is 0 Å². The predicted molar refractivity (Wildman–Crippen MR) is 77.6 cm³/mol. The van der Waals surface area contributed by atoms with Gasteiger partial charge in [0.15, 0.2) is 0 Å². The molecule has 1 fully saturated rings. The van der Waals surface area contributed by atoms with Gasteiger partial charge in [0.1, 0.15) is 0 Å². The number of anilines is 2. The lowest BCUT2D eigenvalue weighted by molar-refractivity contribution is 0.144. The van der Waals surface area contributed by atoms with Gasteiger partial charge in [-0.15, -0.1) is 0 Å². The van der Waals surface area contributed by atoms with E-state index in [-0.39, 0.29) is 0 Å². The van der Waals surface area contributed by atoms with Crippen molar-refractivity contribution in [3.05, 3.63) is 24.3 Å². The van der Waals surface area contributed by atoms with Crippen LogP contribution in [0, 0.1) is 0 Å². The molecule has 0 atom stereocenters. The molecule has 1 aromatic rings. The van der Waals surface area contributed by atoms with E-state index in [1.165, 1.54) is 5.69 Å². The summed E-state index contributed by atoms with van der Waals surface area (Å²) in [5.41, 5.74) is 5.08. The van der Waals surface area contributed by atoms with E-state index in [0.29, 0.717) is 0 Å². The van der Waals surface area contributed by atoms with Crippen molar-refractivity contribution in [3.63, 3.8) is 0 Å². The molecule has 0 amide bonds. The van der Waals surface area contributed by atoms with Crippen molar-refractivity contribution in [2.75, 3.05) is 63.9 Å². The molecule has 106 valence electrons. The Kier molecular flexibility index (Phi) is 5.44. The molecule has 0 bridgehead atoms. The zero-order valence-electron chi connectivity index (χ0n) is 11.8. The van der Waals surface area contributed by atoms with Gasteiger partial charge in [-0.05, 0) is 24.3 Å². The van der Waals surface area contributed by atoms with E-state index in [9.17, 15) is 0 Å². The highest BCUT2D eigenvalue weighted by Crippen LogP contribution is 2.19. The lowest BCUT2D eigenvalue weighted by atomic mass is 10.2. The molecule has 0 radical (unpaired) electrons. The third-order valence-corrected chi connectivity index (χ3v) is 3.44. The SMILES string of the molecule is COCCN1CCN(c2ccc(NOC)cc2)CC1. The summed E-state index contributed by atoms with van der Waals surface area (Å²) in [7, 11) is 3.37. The Morgan fingerprint density at radius 3 is 2.32 bits per heavy atom. The minimum absolute atomic E-state index is 0.817. The van der Waals surface area contributed by atoms with Crippen LogP contribution in [0.25, 0.3) is 0 Å². The van der Waals surface area contributed by atoms with Gasteiger partial charge in [-0.3, -0.25) is 15.2 Å². The summed E-state index contributed by atoms with van der Waals surface area (Å²) in [4.78, 5) is 9.74. The van der Waals surface area contributed by atoms with Crippen molar-refractivity contribution in [1.82, 2.24) is 4.90 Å². The number of hydrogen-bond acceptors (Lipinski definition) is 5.